The molecule has 0 saturated carbocycles. The average Bonchev–Trinajstić information content (AvgIpc) is 2.56. The van der Waals surface area contributed by atoms with E-state index in [0.29, 0.717) is 6.67 Å². The summed E-state index contributed by atoms with van der Waals surface area (Å²) in [7, 11) is 0. The molecule has 0 saturated heterocycles. The van der Waals surface area contributed by atoms with Gasteiger partial charge in [0.25, 0.3) is 0 Å². The summed E-state index contributed by atoms with van der Waals surface area (Å²) in [5.41, 5.74) is 0. The standard InChI is InChI=1S/C10H9N3O/c14-10-11-6-13-5-7-3-1-2-4-8(7)9(13)12-10/h1-5H,6H2,(H2,11,12,14). The molecular formula is C10H9N3O. The molecule has 1 aromatic heterocycles. The summed E-state index contributed by atoms with van der Waals surface area (Å²) in [5, 5.41) is 7.74. The van der Waals surface area contributed by atoms with E-state index in [9.17, 15) is 4.79 Å². The van der Waals surface area contributed by atoms with Crippen LogP contribution in [0.1, 0.15) is 0 Å². The lowest BCUT2D eigenvalue weighted by molar-refractivity contribution is 0.247. The Morgan fingerprint density at radius 1 is 1.29 bits per heavy atom. The minimum Gasteiger partial charge on any atom is -0.320 e. The highest BCUT2D eigenvalue weighted by Gasteiger charge is 2.15. The third-order valence-corrected chi connectivity index (χ3v) is 2.44. The van der Waals surface area contributed by atoms with E-state index in [0.717, 1.165) is 16.6 Å². The molecule has 14 heavy (non-hydrogen) atoms. The van der Waals surface area contributed by atoms with Crippen LogP contribution in [0.2, 0.25) is 0 Å². The number of fused-ring (bicyclic) bond motifs is 3. The van der Waals surface area contributed by atoms with Crippen LogP contribution in [0.4, 0.5) is 10.6 Å². The molecule has 2 N–H and O–H groups in total. The number of urea groups is 1. The number of carbonyl (C=O) groups excluding carboxylic acids is 1. The highest BCUT2D eigenvalue weighted by molar-refractivity contribution is 6.02. The second-order valence-electron chi connectivity index (χ2n) is 3.32. The van der Waals surface area contributed by atoms with Crippen molar-refractivity contribution in [1.29, 1.82) is 0 Å². The third-order valence-electron chi connectivity index (χ3n) is 2.44. The molecule has 0 radical (unpaired) electrons. The normalized spacial score (nSPS) is 14.7. The summed E-state index contributed by atoms with van der Waals surface area (Å²) in [6.45, 7) is 0.538. The largest absolute Gasteiger partial charge is 0.321 e. The van der Waals surface area contributed by atoms with Gasteiger partial charge in [-0.25, -0.2) is 4.79 Å². The van der Waals surface area contributed by atoms with Gasteiger partial charge in [0, 0.05) is 17.0 Å². The predicted molar refractivity (Wildman–Crippen MR) is 54.1 cm³/mol. The summed E-state index contributed by atoms with van der Waals surface area (Å²) in [5.74, 6) is 0.879. The van der Waals surface area contributed by atoms with E-state index in [1.165, 1.54) is 0 Å². The second kappa shape index (κ2) is 2.51. The number of aromatic nitrogens is 1. The van der Waals surface area contributed by atoms with Crippen LogP contribution in [0.3, 0.4) is 0 Å². The fourth-order valence-electron chi connectivity index (χ4n) is 1.78. The van der Waals surface area contributed by atoms with Gasteiger partial charge in [-0.3, -0.25) is 5.32 Å². The quantitative estimate of drug-likeness (QED) is 0.648. The van der Waals surface area contributed by atoms with Gasteiger partial charge in [0.15, 0.2) is 0 Å². The van der Waals surface area contributed by atoms with E-state index >= 15 is 0 Å². The van der Waals surface area contributed by atoms with Gasteiger partial charge in [-0.05, 0) is 0 Å². The van der Waals surface area contributed by atoms with Gasteiger partial charge in [0.1, 0.15) is 5.82 Å². The second-order valence-corrected chi connectivity index (χ2v) is 3.32. The maximum atomic E-state index is 11.1. The molecule has 0 unspecified atom stereocenters. The van der Waals surface area contributed by atoms with E-state index in [1.54, 1.807) is 0 Å². The van der Waals surface area contributed by atoms with Crippen molar-refractivity contribution in [3.63, 3.8) is 0 Å². The fraction of sp³-hybridized carbons (Fsp3) is 0.100. The van der Waals surface area contributed by atoms with Crippen molar-refractivity contribution >= 4 is 22.6 Å². The van der Waals surface area contributed by atoms with Gasteiger partial charge in [0.05, 0.1) is 6.67 Å². The van der Waals surface area contributed by atoms with Crippen LogP contribution >= 0.6 is 0 Å². The molecule has 1 aliphatic rings. The molecule has 0 atom stereocenters. The molecule has 1 aromatic carbocycles. The molecular weight excluding hydrogens is 178 g/mol. The number of rotatable bonds is 0. The molecule has 2 heterocycles. The topological polar surface area (TPSA) is 46.1 Å². The molecule has 70 valence electrons. The average molecular weight is 187 g/mol. The van der Waals surface area contributed by atoms with E-state index in [4.69, 9.17) is 0 Å². The first-order chi connectivity index (χ1) is 6.84. The SMILES string of the molecule is O=C1NCn2cc3ccccc3c2N1. The number of hydrogen-bond donors (Lipinski definition) is 2. The van der Waals surface area contributed by atoms with Crippen LogP contribution in [-0.2, 0) is 6.67 Å². The summed E-state index contributed by atoms with van der Waals surface area (Å²) in [4.78, 5) is 11.1. The zero-order valence-electron chi connectivity index (χ0n) is 7.45. The Bertz CT molecular complexity index is 515. The lowest BCUT2D eigenvalue weighted by Crippen LogP contribution is -2.36. The van der Waals surface area contributed by atoms with E-state index in [-0.39, 0.29) is 6.03 Å². The minimum absolute atomic E-state index is 0.138. The van der Waals surface area contributed by atoms with E-state index in [2.05, 4.69) is 10.6 Å². The van der Waals surface area contributed by atoms with Gasteiger partial charge in [-0.2, -0.15) is 0 Å². The molecule has 1 aliphatic heterocycles. The van der Waals surface area contributed by atoms with Crippen molar-refractivity contribution < 1.29 is 4.79 Å². The molecule has 0 fully saturated rings. The first-order valence-electron chi connectivity index (χ1n) is 4.47. The third kappa shape index (κ3) is 0.907. The van der Waals surface area contributed by atoms with Crippen molar-refractivity contribution in [2.24, 2.45) is 0 Å². The van der Waals surface area contributed by atoms with Gasteiger partial charge in [-0.1, -0.05) is 24.3 Å². The van der Waals surface area contributed by atoms with Crippen LogP contribution in [0, 0.1) is 0 Å². The lowest BCUT2D eigenvalue weighted by Gasteiger charge is -2.17. The maximum absolute atomic E-state index is 11.1. The predicted octanol–water partition coefficient (Wildman–Crippen LogP) is 1.73. The maximum Gasteiger partial charge on any atom is 0.321 e. The van der Waals surface area contributed by atoms with Gasteiger partial charge in [0.2, 0.25) is 0 Å². The van der Waals surface area contributed by atoms with Gasteiger partial charge >= 0.3 is 6.03 Å². The number of benzene rings is 1. The zero-order valence-corrected chi connectivity index (χ0v) is 7.45. The Morgan fingerprint density at radius 3 is 3.07 bits per heavy atom. The van der Waals surface area contributed by atoms with E-state index < -0.39 is 0 Å². The zero-order chi connectivity index (χ0) is 9.54. The van der Waals surface area contributed by atoms with Crippen molar-refractivity contribution in [3.8, 4) is 0 Å². The summed E-state index contributed by atoms with van der Waals surface area (Å²) < 4.78 is 1.99. The van der Waals surface area contributed by atoms with E-state index in [1.807, 2.05) is 35.0 Å². The molecule has 0 spiro atoms. The first kappa shape index (κ1) is 7.44. The van der Waals surface area contributed by atoms with Crippen LogP contribution in [0.5, 0.6) is 0 Å². The van der Waals surface area contributed by atoms with Crippen LogP contribution < -0.4 is 10.6 Å². The summed E-state index contributed by atoms with van der Waals surface area (Å²) in [6.07, 6.45) is 2.02. The number of anilines is 1. The summed E-state index contributed by atoms with van der Waals surface area (Å²) >= 11 is 0. The first-order valence-corrected chi connectivity index (χ1v) is 4.47. The minimum atomic E-state index is -0.138. The van der Waals surface area contributed by atoms with Crippen LogP contribution in [0.15, 0.2) is 30.5 Å². The molecule has 4 heteroatoms. The number of amides is 2. The number of carbonyl (C=O) groups is 1. The Kier molecular flexibility index (Phi) is 1.33. The highest BCUT2D eigenvalue weighted by Crippen LogP contribution is 2.26. The van der Waals surface area contributed by atoms with Gasteiger partial charge in [-0.15, -0.1) is 0 Å². The fourth-order valence-corrected chi connectivity index (χ4v) is 1.78. The molecule has 0 bridgehead atoms. The molecule has 4 nitrogen and oxygen atoms in total. The van der Waals surface area contributed by atoms with Crippen molar-refractivity contribution in [3.05, 3.63) is 30.5 Å². The molecule has 0 aliphatic carbocycles. The summed E-state index contributed by atoms with van der Waals surface area (Å²) in [6, 6.07) is 7.86. The van der Waals surface area contributed by atoms with Crippen molar-refractivity contribution in [2.75, 3.05) is 5.32 Å². The highest BCUT2D eigenvalue weighted by atomic mass is 16.2. The Hall–Kier alpha value is -1.97. The lowest BCUT2D eigenvalue weighted by atomic mass is 10.2. The van der Waals surface area contributed by atoms with Crippen molar-refractivity contribution in [2.45, 2.75) is 6.67 Å². The van der Waals surface area contributed by atoms with Crippen LogP contribution in [0.25, 0.3) is 10.8 Å². The van der Waals surface area contributed by atoms with Gasteiger partial charge < -0.3 is 9.88 Å². The smallest absolute Gasteiger partial charge is 0.320 e. The van der Waals surface area contributed by atoms with Crippen molar-refractivity contribution in [1.82, 2.24) is 9.88 Å². The number of nitrogens with one attached hydrogen (secondary N) is 2. The monoisotopic (exact) mass is 187 g/mol. The molecule has 2 amide bonds. The Morgan fingerprint density at radius 2 is 2.14 bits per heavy atom. The molecule has 2 aromatic rings. The van der Waals surface area contributed by atoms with Crippen LogP contribution in [-0.4, -0.2) is 10.6 Å². The molecule has 3 rings (SSSR count). The number of hydrogen-bond acceptors (Lipinski definition) is 1. The Labute approximate surface area is 80.5 Å². The Balaban J connectivity index is 2.30. The number of nitrogens with zero attached hydrogens (tertiary/aromatic N) is 1.